The standard InChI is InChI=1S/C20H23N3OS/c24-19-16-13-17(15-9-5-4-6-10-15)25-20(16)22-18(21-19)14-23-11-7-2-1-3-8-12-23/h4-6,9-10,13H,1-3,7-8,11-12,14H2,(H,21,22,24). The Bertz CT molecular complexity index is 892. The van der Waals surface area contributed by atoms with Crippen LogP contribution in [0.3, 0.4) is 0 Å². The van der Waals surface area contributed by atoms with E-state index in [1.54, 1.807) is 11.3 Å². The minimum atomic E-state index is -0.0227. The molecule has 0 unspecified atom stereocenters. The quantitative estimate of drug-likeness (QED) is 0.758. The lowest BCUT2D eigenvalue weighted by molar-refractivity contribution is 0.234. The molecule has 0 saturated carbocycles. The monoisotopic (exact) mass is 353 g/mol. The van der Waals surface area contributed by atoms with Gasteiger partial charge in [-0.25, -0.2) is 4.98 Å². The third kappa shape index (κ3) is 3.83. The first-order valence-corrected chi connectivity index (χ1v) is 9.92. The van der Waals surface area contributed by atoms with Crippen molar-refractivity contribution in [3.63, 3.8) is 0 Å². The van der Waals surface area contributed by atoms with E-state index in [0.29, 0.717) is 5.39 Å². The van der Waals surface area contributed by atoms with E-state index in [0.717, 1.165) is 40.7 Å². The molecule has 0 aliphatic carbocycles. The molecule has 3 heterocycles. The molecule has 0 radical (unpaired) electrons. The van der Waals surface area contributed by atoms with Crippen molar-refractivity contribution >= 4 is 21.6 Å². The molecular weight excluding hydrogens is 330 g/mol. The number of aromatic nitrogens is 2. The number of thiophene rings is 1. The fourth-order valence-corrected chi connectivity index (χ4v) is 4.53. The molecule has 4 nitrogen and oxygen atoms in total. The molecule has 5 heteroatoms. The van der Waals surface area contributed by atoms with E-state index >= 15 is 0 Å². The van der Waals surface area contributed by atoms with Crippen LogP contribution in [0.1, 0.15) is 37.9 Å². The Morgan fingerprint density at radius 1 is 1.04 bits per heavy atom. The molecule has 25 heavy (non-hydrogen) atoms. The smallest absolute Gasteiger partial charge is 0.259 e. The summed E-state index contributed by atoms with van der Waals surface area (Å²) in [6.07, 6.45) is 6.45. The molecule has 0 atom stereocenters. The Labute approximate surface area is 151 Å². The molecule has 0 amide bonds. The number of likely N-dealkylation sites (tertiary alicyclic amines) is 1. The SMILES string of the molecule is O=c1[nH]c(CN2CCCCCCC2)nc2sc(-c3ccccc3)cc12. The summed E-state index contributed by atoms with van der Waals surface area (Å²) in [7, 11) is 0. The highest BCUT2D eigenvalue weighted by atomic mass is 32.1. The molecule has 1 aliphatic rings. The van der Waals surface area contributed by atoms with Crippen molar-refractivity contribution in [3.8, 4) is 10.4 Å². The summed E-state index contributed by atoms with van der Waals surface area (Å²) in [6, 6.07) is 12.1. The van der Waals surface area contributed by atoms with Crippen LogP contribution >= 0.6 is 11.3 Å². The number of fused-ring (bicyclic) bond motifs is 1. The maximum Gasteiger partial charge on any atom is 0.259 e. The summed E-state index contributed by atoms with van der Waals surface area (Å²) in [4.78, 5) is 24.6. The van der Waals surface area contributed by atoms with Gasteiger partial charge in [0.1, 0.15) is 10.7 Å². The zero-order valence-electron chi connectivity index (χ0n) is 14.3. The molecule has 1 fully saturated rings. The van der Waals surface area contributed by atoms with Crippen LogP contribution in [0.2, 0.25) is 0 Å². The number of rotatable bonds is 3. The van der Waals surface area contributed by atoms with Gasteiger partial charge < -0.3 is 4.98 Å². The minimum absolute atomic E-state index is 0.0227. The summed E-state index contributed by atoms with van der Waals surface area (Å²) >= 11 is 1.60. The second-order valence-electron chi connectivity index (χ2n) is 6.75. The lowest BCUT2D eigenvalue weighted by Crippen LogP contribution is -2.28. The van der Waals surface area contributed by atoms with Gasteiger partial charge in [-0.1, -0.05) is 49.6 Å². The maximum absolute atomic E-state index is 12.5. The minimum Gasteiger partial charge on any atom is -0.309 e. The molecular formula is C20H23N3OS. The first-order chi connectivity index (χ1) is 12.3. The van der Waals surface area contributed by atoms with E-state index in [1.165, 1.54) is 32.1 Å². The lowest BCUT2D eigenvalue weighted by atomic mass is 10.1. The highest BCUT2D eigenvalue weighted by molar-refractivity contribution is 7.21. The van der Waals surface area contributed by atoms with Crippen LogP contribution in [-0.4, -0.2) is 28.0 Å². The Morgan fingerprint density at radius 3 is 2.52 bits per heavy atom. The Balaban J connectivity index is 1.61. The third-order valence-corrected chi connectivity index (χ3v) is 5.91. The number of H-pyrrole nitrogens is 1. The zero-order chi connectivity index (χ0) is 17.1. The van der Waals surface area contributed by atoms with Crippen LogP contribution in [0.5, 0.6) is 0 Å². The van der Waals surface area contributed by atoms with E-state index in [-0.39, 0.29) is 5.56 Å². The van der Waals surface area contributed by atoms with Gasteiger partial charge in [0.2, 0.25) is 0 Å². The van der Waals surface area contributed by atoms with Gasteiger partial charge in [-0.2, -0.15) is 0 Å². The number of nitrogens with zero attached hydrogens (tertiary/aromatic N) is 2. The first kappa shape index (κ1) is 16.5. The molecule has 1 saturated heterocycles. The van der Waals surface area contributed by atoms with Crippen molar-refractivity contribution in [1.82, 2.24) is 14.9 Å². The fraction of sp³-hybridized carbons (Fsp3) is 0.400. The molecule has 0 spiro atoms. The topological polar surface area (TPSA) is 49.0 Å². The molecule has 130 valence electrons. The lowest BCUT2D eigenvalue weighted by Gasteiger charge is -2.23. The van der Waals surface area contributed by atoms with Gasteiger partial charge in [0, 0.05) is 4.88 Å². The molecule has 2 aromatic heterocycles. The van der Waals surface area contributed by atoms with Gasteiger partial charge in [-0.15, -0.1) is 11.3 Å². The number of aromatic amines is 1. The van der Waals surface area contributed by atoms with Gasteiger partial charge in [-0.05, 0) is 37.6 Å². The molecule has 1 aliphatic heterocycles. The summed E-state index contributed by atoms with van der Waals surface area (Å²) in [5.74, 6) is 0.791. The van der Waals surface area contributed by atoms with Crippen LogP contribution in [0.15, 0.2) is 41.2 Å². The second kappa shape index (κ2) is 7.50. The molecule has 1 aromatic carbocycles. The Morgan fingerprint density at radius 2 is 1.76 bits per heavy atom. The summed E-state index contributed by atoms with van der Waals surface area (Å²) in [5, 5.41) is 0.695. The van der Waals surface area contributed by atoms with Crippen LogP contribution < -0.4 is 5.56 Å². The summed E-state index contributed by atoms with van der Waals surface area (Å²) in [6.45, 7) is 2.94. The van der Waals surface area contributed by atoms with Crippen molar-refractivity contribution in [3.05, 3.63) is 52.6 Å². The predicted molar refractivity (Wildman–Crippen MR) is 104 cm³/mol. The fourth-order valence-electron chi connectivity index (χ4n) is 3.48. The van der Waals surface area contributed by atoms with Crippen molar-refractivity contribution in [1.29, 1.82) is 0 Å². The molecule has 4 rings (SSSR count). The van der Waals surface area contributed by atoms with Gasteiger partial charge >= 0.3 is 0 Å². The van der Waals surface area contributed by atoms with Crippen molar-refractivity contribution in [2.24, 2.45) is 0 Å². The van der Waals surface area contributed by atoms with Crippen LogP contribution in [0.4, 0.5) is 0 Å². The van der Waals surface area contributed by atoms with Gasteiger partial charge in [-0.3, -0.25) is 9.69 Å². The van der Waals surface area contributed by atoms with Crippen molar-refractivity contribution in [2.45, 2.75) is 38.6 Å². The van der Waals surface area contributed by atoms with E-state index < -0.39 is 0 Å². The van der Waals surface area contributed by atoms with Crippen molar-refractivity contribution in [2.75, 3.05) is 13.1 Å². The average molecular weight is 353 g/mol. The first-order valence-electron chi connectivity index (χ1n) is 9.10. The average Bonchev–Trinajstić information content (AvgIpc) is 3.03. The Kier molecular flexibility index (Phi) is 4.95. The van der Waals surface area contributed by atoms with E-state index in [9.17, 15) is 4.79 Å². The normalized spacial score (nSPS) is 16.6. The van der Waals surface area contributed by atoms with E-state index in [2.05, 4.69) is 22.0 Å². The zero-order valence-corrected chi connectivity index (χ0v) is 15.1. The molecule has 3 aromatic rings. The van der Waals surface area contributed by atoms with Gasteiger partial charge in [0.25, 0.3) is 5.56 Å². The number of nitrogens with one attached hydrogen (secondary N) is 1. The van der Waals surface area contributed by atoms with E-state index in [4.69, 9.17) is 4.98 Å². The second-order valence-corrected chi connectivity index (χ2v) is 7.78. The van der Waals surface area contributed by atoms with Gasteiger partial charge in [0.05, 0.1) is 11.9 Å². The molecule has 0 bridgehead atoms. The van der Waals surface area contributed by atoms with Gasteiger partial charge in [0.15, 0.2) is 0 Å². The summed E-state index contributed by atoms with van der Waals surface area (Å²) in [5.41, 5.74) is 1.11. The summed E-state index contributed by atoms with van der Waals surface area (Å²) < 4.78 is 0. The number of hydrogen-bond acceptors (Lipinski definition) is 4. The highest BCUT2D eigenvalue weighted by Gasteiger charge is 2.13. The number of benzene rings is 1. The Hall–Kier alpha value is -1.98. The molecule has 1 N–H and O–H groups in total. The van der Waals surface area contributed by atoms with Crippen LogP contribution in [-0.2, 0) is 6.54 Å². The van der Waals surface area contributed by atoms with Crippen LogP contribution in [0, 0.1) is 0 Å². The maximum atomic E-state index is 12.5. The largest absolute Gasteiger partial charge is 0.309 e. The van der Waals surface area contributed by atoms with Crippen molar-refractivity contribution < 1.29 is 0 Å². The van der Waals surface area contributed by atoms with E-state index in [1.807, 2.05) is 24.3 Å². The predicted octanol–water partition coefficient (Wildman–Crippen LogP) is 4.42. The number of hydrogen-bond donors (Lipinski definition) is 1. The van der Waals surface area contributed by atoms with Crippen LogP contribution in [0.25, 0.3) is 20.7 Å². The highest BCUT2D eigenvalue weighted by Crippen LogP contribution is 2.30. The third-order valence-electron chi connectivity index (χ3n) is 4.83.